The zero-order valence-corrected chi connectivity index (χ0v) is 11.9. The van der Waals surface area contributed by atoms with E-state index in [9.17, 15) is 5.26 Å². The van der Waals surface area contributed by atoms with Crippen LogP contribution in [0.15, 0.2) is 18.3 Å². The molecule has 5 heteroatoms. The Bertz CT molecular complexity index is 637. The molecule has 0 fully saturated rings. The Morgan fingerprint density at radius 3 is 2.79 bits per heavy atom. The second kappa shape index (κ2) is 5.41. The number of nitriles is 1. The third kappa shape index (κ3) is 2.77. The summed E-state index contributed by atoms with van der Waals surface area (Å²) in [6.07, 6.45) is 2.43. The van der Waals surface area contributed by atoms with Gasteiger partial charge >= 0.3 is 0 Å². The number of aromatic nitrogens is 3. The van der Waals surface area contributed by atoms with E-state index in [1.54, 1.807) is 6.20 Å². The van der Waals surface area contributed by atoms with Crippen LogP contribution in [-0.4, -0.2) is 14.8 Å². The predicted molar refractivity (Wildman–Crippen MR) is 74.4 cm³/mol. The molecule has 0 aliphatic carbocycles. The first-order chi connectivity index (χ1) is 9.02. The first-order valence-electron chi connectivity index (χ1n) is 6.13. The minimum absolute atomic E-state index is 0.330. The molecule has 2 rings (SSSR count). The van der Waals surface area contributed by atoms with Crippen molar-refractivity contribution < 1.29 is 0 Å². The number of aryl methyl sites for hydroxylation is 1. The smallest absolute Gasteiger partial charge is 0.155 e. The fourth-order valence-electron chi connectivity index (χ4n) is 1.87. The van der Waals surface area contributed by atoms with E-state index in [2.05, 4.69) is 30.0 Å². The third-order valence-electron chi connectivity index (χ3n) is 2.73. The summed E-state index contributed by atoms with van der Waals surface area (Å²) < 4.78 is 1.53. The molecule has 4 nitrogen and oxygen atoms in total. The summed E-state index contributed by atoms with van der Waals surface area (Å²) in [5.41, 5.74) is 2.24. The number of hydrogen-bond donors (Lipinski definition) is 0. The van der Waals surface area contributed by atoms with Gasteiger partial charge in [0.1, 0.15) is 11.6 Å². The van der Waals surface area contributed by atoms with Crippen molar-refractivity contribution in [3.8, 4) is 11.9 Å². The Hall–Kier alpha value is -1.86. The molecule has 0 spiro atoms. The molecule has 0 saturated carbocycles. The van der Waals surface area contributed by atoms with Gasteiger partial charge in [0.25, 0.3) is 0 Å². The summed E-state index contributed by atoms with van der Waals surface area (Å²) in [4.78, 5) is 4.25. The van der Waals surface area contributed by atoms with E-state index in [0.717, 1.165) is 17.7 Å². The average molecular weight is 275 g/mol. The Kier molecular flexibility index (Phi) is 3.87. The van der Waals surface area contributed by atoms with Gasteiger partial charge in [-0.15, -0.1) is 0 Å². The quantitative estimate of drug-likeness (QED) is 0.863. The highest BCUT2D eigenvalue weighted by Gasteiger charge is 2.18. The van der Waals surface area contributed by atoms with Gasteiger partial charge in [-0.2, -0.15) is 10.4 Å². The van der Waals surface area contributed by atoms with E-state index in [0.29, 0.717) is 22.5 Å². The second-order valence-electron chi connectivity index (χ2n) is 4.93. The molecule has 0 amide bonds. The molecule has 0 radical (unpaired) electrons. The van der Waals surface area contributed by atoms with Crippen LogP contribution in [0, 0.1) is 24.2 Å². The van der Waals surface area contributed by atoms with Crippen molar-refractivity contribution in [2.75, 3.05) is 0 Å². The molecule has 0 N–H and O–H groups in total. The summed E-state index contributed by atoms with van der Waals surface area (Å²) in [5, 5.41) is 14.0. The molecule has 2 aromatic rings. The maximum atomic E-state index is 9.22. The van der Waals surface area contributed by atoms with Crippen LogP contribution in [-0.2, 0) is 6.42 Å². The molecule has 0 aliphatic rings. The highest BCUT2D eigenvalue weighted by atomic mass is 35.5. The van der Waals surface area contributed by atoms with Crippen molar-refractivity contribution in [2.45, 2.75) is 27.2 Å². The number of halogens is 1. The van der Waals surface area contributed by atoms with E-state index in [1.807, 2.05) is 19.1 Å². The second-order valence-corrected chi connectivity index (χ2v) is 5.28. The topological polar surface area (TPSA) is 54.5 Å². The molecule has 0 atom stereocenters. The van der Waals surface area contributed by atoms with Crippen LogP contribution in [0.1, 0.15) is 30.7 Å². The van der Waals surface area contributed by atoms with E-state index >= 15 is 0 Å². The normalized spacial score (nSPS) is 10.7. The lowest BCUT2D eigenvalue weighted by molar-refractivity contribution is 0.626. The molecular weight excluding hydrogens is 260 g/mol. The monoisotopic (exact) mass is 274 g/mol. The van der Waals surface area contributed by atoms with Crippen molar-refractivity contribution in [3.05, 3.63) is 40.3 Å². The maximum Gasteiger partial charge on any atom is 0.155 e. The van der Waals surface area contributed by atoms with Gasteiger partial charge in [0.2, 0.25) is 0 Å². The first kappa shape index (κ1) is 13.6. The SMILES string of the molecule is Cc1ccnc(-n2nc(CC(C)C)c(C#N)c2Cl)c1. The minimum atomic E-state index is 0.330. The van der Waals surface area contributed by atoms with Gasteiger partial charge in [-0.3, -0.25) is 0 Å². The molecule has 19 heavy (non-hydrogen) atoms. The van der Waals surface area contributed by atoms with Crippen LogP contribution in [0.5, 0.6) is 0 Å². The molecule has 0 unspecified atom stereocenters. The summed E-state index contributed by atoms with van der Waals surface area (Å²) in [5.74, 6) is 1.05. The lowest BCUT2D eigenvalue weighted by Crippen LogP contribution is -2.02. The predicted octanol–water partition coefficient (Wildman–Crippen LogP) is 3.30. The van der Waals surface area contributed by atoms with E-state index in [4.69, 9.17) is 11.6 Å². The van der Waals surface area contributed by atoms with Gasteiger partial charge in [0.15, 0.2) is 11.0 Å². The van der Waals surface area contributed by atoms with Crippen molar-refractivity contribution >= 4 is 11.6 Å². The molecule has 2 aromatic heterocycles. The number of rotatable bonds is 3. The molecule has 0 saturated heterocycles. The van der Waals surface area contributed by atoms with Gasteiger partial charge < -0.3 is 0 Å². The maximum absolute atomic E-state index is 9.22. The van der Waals surface area contributed by atoms with Crippen LogP contribution in [0.3, 0.4) is 0 Å². The van der Waals surface area contributed by atoms with E-state index in [1.165, 1.54) is 4.68 Å². The molecule has 0 aliphatic heterocycles. The Morgan fingerprint density at radius 1 is 1.47 bits per heavy atom. The Labute approximate surface area is 117 Å². The Balaban J connectivity index is 2.54. The largest absolute Gasteiger partial charge is 0.237 e. The van der Waals surface area contributed by atoms with Gasteiger partial charge in [0, 0.05) is 6.20 Å². The molecular formula is C14H15ClN4. The molecule has 0 bridgehead atoms. The van der Waals surface area contributed by atoms with Crippen molar-refractivity contribution in [1.82, 2.24) is 14.8 Å². The third-order valence-corrected chi connectivity index (χ3v) is 3.08. The highest BCUT2D eigenvalue weighted by molar-refractivity contribution is 6.31. The zero-order chi connectivity index (χ0) is 14.0. The molecule has 2 heterocycles. The van der Waals surface area contributed by atoms with E-state index < -0.39 is 0 Å². The lowest BCUT2D eigenvalue weighted by Gasteiger charge is -2.02. The van der Waals surface area contributed by atoms with Crippen molar-refractivity contribution in [1.29, 1.82) is 5.26 Å². The van der Waals surface area contributed by atoms with E-state index in [-0.39, 0.29) is 0 Å². The average Bonchev–Trinajstić information content (AvgIpc) is 2.65. The molecule has 98 valence electrons. The van der Waals surface area contributed by atoms with Crippen LogP contribution in [0.25, 0.3) is 5.82 Å². The van der Waals surface area contributed by atoms with Crippen molar-refractivity contribution in [2.24, 2.45) is 5.92 Å². The van der Waals surface area contributed by atoms with Crippen LogP contribution < -0.4 is 0 Å². The summed E-state index contributed by atoms with van der Waals surface area (Å²) in [7, 11) is 0. The zero-order valence-electron chi connectivity index (χ0n) is 11.2. The van der Waals surface area contributed by atoms with Gasteiger partial charge in [-0.1, -0.05) is 25.4 Å². The Morgan fingerprint density at radius 2 is 2.21 bits per heavy atom. The van der Waals surface area contributed by atoms with Crippen LogP contribution in [0.4, 0.5) is 0 Å². The minimum Gasteiger partial charge on any atom is -0.237 e. The lowest BCUT2D eigenvalue weighted by atomic mass is 10.1. The summed E-state index contributed by atoms with van der Waals surface area (Å²) >= 11 is 6.24. The van der Waals surface area contributed by atoms with Gasteiger partial charge in [-0.25, -0.2) is 9.67 Å². The number of pyridine rings is 1. The van der Waals surface area contributed by atoms with Gasteiger partial charge in [0.05, 0.1) is 5.69 Å². The van der Waals surface area contributed by atoms with Crippen LogP contribution >= 0.6 is 11.6 Å². The number of hydrogen-bond acceptors (Lipinski definition) is 3. The van der Waals surface area contributed by atoms with Gasteiger partial charge in [-0.05, 0) is 37.0 Å². The number of nitrogens with zero attached hydrogens (tertiary/aromatic N) is 4. The van der Waals surface area contributed by atoms with Crippen LogP contribution in [0.2, 0.25) is 5.15 Å². The fraction of sp³-hybridized carbons (Fsp3) is 0.357. The fourth-order valence-corrected chi connectivity index (χ4v) is 2.14. The summed E-state index contributed by atoms with van der Waals surface area (Å²) in [6, 6.07) is 5.92. The highest BCUT2D eigenvalue weighted by Crippen LogP contribution is 2.24. The summed E-state index contributed by atoms with van der Waals surface area (Å²) in [6.45, 7) is 6.14. The molecule has 0 aromatic carbocycles. The first-order valence-corrected chi connectivity index (χ1v) is 6.51. The standard InChI is InChI=1S/C14H15ClN4/c1-9(2)6-12-11(8-16)14(15)19(18-12)13-7-10(3)4-5-17-13/h4-5,7,9H,6H2,1-3H3. The van der Waals surface area contributed by atoms with Crippen molar-refractivity contribution in [3.63, 3.8) is 0 Å².